The third-order valence-corrected chi connectivity index (χ3v) is 5.03. The highest BCUT2D eigenvalue weighted by molar-refractivity contribution is 7.54. The van der Waals surface area contributed by atoms with Crippen LogP contribution in [0, 0.1) is 0 Å². The van der Waals surface area contributed by atoms with Crippen molar-refractivity contribution in [2.45, 2.75) is 19.7 Å². The zero-order valence-electron chi connectivity index (χ0n) is 10.1. The summed E-state index contributed by atoms with van der Waals surface area (Å²) in [6, 6.07) is 4.49. The van der Waals surface area contributed by atoms with Gasteiger partial charge in [-0.3, -0.25) is 4.57 Å². The summed E-state index contributed by atoms with van der Waals surface area (Å²) < 4.78 is 22.5. The van der Waals surface area contributed by atoms with E-state index < -0.39 is 13.4 Å². The standard InChI is InChI=1S/C11H15Cl2O4P/c1-3-16-18(15,17-4-2)11(14)8-5-6-9(12)10(13)7-8/h5-7,11,14H,3-4H2,1-2H3. The fraction of sp³-hybridized carbons (Fsp3) is 0.455. The summed E-state index contributed by atoms with van der Waals surface area (Å²) in [6.07, 6.45) is 0. The Kier molecular flexibility index (Phi) is 6.12. The number of rotatable bonds is 6. The molecule has 102 valence electrons. The van der Waals surface area contributed by atoms with Crippen LogP contribution in [0.1, 0.15) is 25.3 Å². The lowest BCUT2D eigenvalue weighted by Gasteiger charge is -2.22. The van der Waals surface area contributed by atoms with Gasteiger partial charge in [0.2, 0.25) is 0 Å². The van der Waals surface area contributed by atoms with E-state index >= 15 is 0 Å². The Morgan fingerprint density at radius 2 is 1.78 bits per heavy atom. The SMILES string of the molecule is CCOP(=O)(OCC)C(O)c1ccc(Cl)c(Cl)c1. The molecule has 0 radical (unpaired) electrons. The Hall–Kier alpha value is -0.0900. The van der Waals surface area contributed by atoms with Crippen molar-refractivity contribution in [1.82, 2.24) is 0 Å². The van der Waals surface area contributed by atoms with Crippen LogP contribution in [0.3, 0.4) is 0 Å². The third-order valence-electron chi connectivity index (χ3n) is 2.16. The first kappa shape index (κ1) is 16.0. The van der Waals surface area contributed by atoms with E-state index in [0.717, 1.165) is 0 Å². The lowest BCUT2D eigenvalue weighted by molar-refractivity contribution is 0.150. The van der Waals surface area contributed by atoms with Gasteiger partial charge in [-0.2, -0.15) is 0 Å². The third kappa shape index (κ3) is 3.70. The highest BCUT2D eigenvalue weighted by atomic mass is 35.5. The van der Waals surface area contributed by atoms with Crippen LogP contribution >= 0.6 is 30.8 Å². The van der Waals surface area contributed by atoms with Crippen molar-refractivity contribution in [3.8, 4) is 0 Å². The van der Waals surface area contributed by atoms with Gasteiger partial charge in [0.05, 0.1) is 23.3 Å². The van der Waals surface area contributed by atoms with Crippen LogP contribution in [0.2, 0.25) is 10.0 Å². The Morgan fingerprint density at radius 1 is 1.22 bits per heavy atom. The van der Waals surface area contributed by atoms with Crippen LogP contribution in [0.15, 0.2) is 18.2 Å². The molecule has 4 nitrogen and oxygen atoms in total. The molecule has 0 aromatic heterocycles. The van der Waals surface area contributed by atoms with Gasteiger partial charge in [-0.05, 0) is 31.5 Å². The number of hydrogen-bond donors (Lipinski definition) is 1. The number of aliphatic hydroxyl groups is 1. The first-order chi connectivity index (χ1) is 8.44. The molecule has 1 rings (SSSR count). The lowest BCUT2D eigenvalue weighted by atomic mass is 10.2. The van der Waals surface area contributed by atoms with Crippen LogP contribution < -0.4 is 0 Å². The molecule has 1 aromatic rings. The van der Waals surface area contributed by atoms with Crippen molar-refractivity contribution in [3.05, 3.63) is 33.8 Å². The van der Waals surface area contributed by atoms with Crippen LogP contribution in [0.25, 0.3) is 0 Å². The predicted octanol–water partition coefficient (Wildman–Crippen LogP) is 4.25. The summed E-state index contributed by atoms with van der Waals surface area (Å²) in [6.45, 7) is 3.70. The molecule has 1 aromatic carbocycles. The summed E-state index contributed by atoms with van der Waals surface area (Å²) in [7, 11) is -3.61. The predicted molar refractivity (Wildman–Crippen MR) is 72.3 cm³/mol. The number of hydrogen-bond acceptors (Lipinski definition) is 4. The molecule has 0 amide bonds. The largest absolute Gasteiger partial charge is 0.376 e. The molecule has 7 heteroatoms. The second kappa shape index (κ2) is 6.90. The normalized spacial score (nSPS) is 13.6. The van der Waals surface area contributed by atoms with Crippen molar-refractivity contribution in [2.75, 3.05) is 13.2 Å². The van der Waals surface area contributed by atoms with E-state index in [1.54, 1.807) is 13.8 Å². The highest BCUT2D eigenvalue weighted by Gasteiger charge is 2.35. The van der Waals surface area contributed by atoms with Crippen molar-refractivity contribution < 1.29 is 18.7 Å². The first-order valence-corrected chi connectivity index (χ1v) is 7.83. The van der Waals surface area contributed by atoms with Gasteiger partial charge in [-0.15, -0.1) is 0 Å². The maximum Gasteiger partial charge on any atom is 0.363 e. The van der Waals surface area contributed by atoms with Gasteiger partial charge in [0, 0.05) is 0 Å². The topological polar surface area (TPSA) is 55.8 Å². The highest BCUT2D eigenvalue weighted by Crippen LogP contribution is 2.59. The molecule has 0 bridgehead atoms. The Morgan fingerprint density at radius 3 is 2.22 bits per heavy atom. The van der Waals surface area contributed by atoms with Crippen LogP contribution in [0.4, 0.5) is 0 Å². The molecule has 0 heterocycles. The molecule has 0 saturated carbocycles. The smallest absolute Gasteiger partial charge is 0.363 e. The minimum atomic E-state index is -3.61. The lowest BCUT2D eigenvalue weighted by Crippen LogP contribution is -2.06. The number of benzene rings is 1. The zero-order chi connectivity index (χ0) is 13.8. The van der Waals surface area contributed by atoms with Gasteiger partial charge >= 0.3 is 7.60 Å². The minimum Gasteiger partial charge on any atom is -0.376 e. The van der Waals surface area contributed by atoms with Crippen molar-refractivity contribution >= 4 is 30.8 Å². The van der Waals surface area contributed by atoms with Gasteiger partial charge in [-0.1, -0.05) is 29.3 Å². The molecule has 1 atom stereocenters. The van der Waals surface area contributed by atoms with Crippen molar-refractivity contribution in [2.24, 2.45) is 0 Å². The first-order valence-electron chi connectivity index (χ1n) is 5.46. The Bertz CT molecular complexity index is 443. The fourth-order valence-electron chi connectivity index (χ4n) is 1.39. The summed E-state index contributed by atoms with van der Waals surface area (Å²) in [5, 5.41) is 10.7. The molecule has 0 fully saturated rings. The van der Waals surface area contributed by atoms with E-state index in [2.05, 4.69) is 0 Å². The molecule has 0 saturated heterocycles. The molecule has 0 aliphatic carbocycles. The molecule has 1 unspecified atom stereocenters. The number of halogens is 2. The molecule has 0 aliphatic rings. The molecular weight excluding hydrogens is 298 g/mol. The van der Waals surface area contributed by atoms with E-state index in [-0.39, 0.29) is 18.2 Å². The second-order valence-corrected chi connectivity index (χ2v) is 6.32. The van der Waals surface area contributed by atoms with Gasteiger partial charge in [0.25, 0.3) is 0 Å². The Labute approximate surface area is 116 Å². The monoisotopic (exact) mass is 312 g/mol. The van der Waals surface area contributed by atoms with Crippen LogP contribution in [-0.4, -0.2) is 18.3 Å². The van der Waals surface area contributed by atoms with Crippen molar-refractivity contribution in [3.63, 3.8) is 0 Å². The summed E-state index contributed by atoms with van der Waals surface area (Å²) >= 11 is 11.6. The molecular formula is C11H15Cl2O4P. The fourth-order valence-corrected chi connectivity index (χ4v) is 3.30. The van der Waals surface area contributed by atoms with Crippen LogP contribution in [-0.2, 0) is 13.6 Å². The van der Waals surface area contributed by atoms with Crippen LogP contribution in [0.5, 0.6) is 0 Å². The summed E-state index contributed by atoms with van der Waals surface area (Å²) in [5.74, 6) is -1.38. The van der Waals surface area contributed by atoms with Crippen molar-refractivity contribution in [1.29, 1.82) is 0 Å². The molecule has 0 spiro atoms. The average molecular weight is 313 g/mol. The second-order valence-electron chi connectivity index (χ2n) is 3.42. The van der Waals surface area contributed by atoms with Gasteiger partial charge in [-0.25, -0.2) is 0 Å². The van der Waals surface area contributed by atoms with Gasteiger partial charge in [0.15, 0.2) is 5.85 Å². The molecule has 18 heavy (non-hydrogen) atoms. The van der Waals surface area contributed by atoms with Gasteiger partial charge < -0.3 is 14.2 Å². The molecule has 1 N–H and O–H groups in total. The number of aliphatic hydroxyl groups excluding tert-OH is 1. The summed E-state index contributed by atoms with van der Waals surface area (Å²) in [5.41, 5.74) is 0.342. The van der Waals surface area contributed by atoms with E-state index in [0.29, 0.717) is 10.6 Å². The minimum absolute atomic E-state index is 0.176. The van der Waals surface area contributed by atoms with Gasteiger partial charge in [0.1, 0.15) is 0 Å². The van der Waals surface area contributed by atoms with E-state index in [1.165, 1.54) is 18.2 Å². The van der Waals surface area contributed by atoms with E-state index in [4.69, 9.17) is 32.2 Å². The quantitative estimate of drug-likeness (QED) is 0.798. The zero-order valence-corrected chi connectivity index (χ0v) is 12.5. The van der Waals surface area contributed by atoms with E-state index in [9.17, 15) is 9.67 Å². The maximum atomic E-state index is 12.3. The Balaban J connectivity index is 3.05. The van der Waals surface area contributed by atoms with E-state index in [1.807, 2.05) is 0 Å². The molecule has 0 aliphatic heterocycles. The maximum absolute atomic E-state index is 12.3. The summed E-state index contributed by atoms with van der Waals surface area (Å²) in [4.78, 5) is 0. The average Bonchev–Trinajstić information content (AvgIpc) is 2.32.